The third-order valence-electron chi connectivity index (χ3n) is 3.91. The van der Waals surface area contributed by atoms with Gasteiger partial charge in [0.25, 0.3) is 0 Å². The minimum atomic E-state index is -3.27. The highest BCUT2D eigenvalue weighted by atomic mass is 32.2. The van der Waals surface area contributed by atoms with Crippen LogP contribution in [0.2, 0.25) is 0 Å². The Morgan fingerprint density at radius 3 is 2.57 bits per heavy atom. The molecule has 8 heteroatoms. The van der Waals surface area contributed by atoms with E-state index in [0.717, 1.165) is 12.0 Å². The van der Waals surface area contributed by atoms with E-state index in [1.807, 2.05) is 12.1 Å². The van der Waals surface area contributed by atoms with Crippen molar-refractivity contribution in [3.8, 4) is 0 Å². The zero-order chi connectivity index (χ0) is 16.3. The van der Waals surface area contributed by atoms with E-state index in [2.05, 4.69) is 24.6 Å². The molecule has 2 aromatic heterocycles. The number of nitrogens with one attached hydrogen (secondary N) is 1. The smallest absolute Gasteiger partial charge is 0.225 e. The Kier molecular flexibility index (Phi) is 4.53. The third-order valence-corrected chi connectivity index (χ3v) is 4.65. The zero-order valence-electron chi connectivity index (χ0n) is 12.8. The summed E-state index contributed by atoms with van der Waals surface area (Å²) in [5.41, 5.74) is 1.10. The summed E-state index contributed by atoms with van der Waals surface area (Å²) in [4.78, 5) is 14.7. The lowest BCUT2D eigenvalue weighted by Gasteiger charge is -2.28. The van der Waals surface area contributed by atoms with Crippen molar-refractivity contribution in [3.63, 3.8) is 0 Å². The highest BCUT2D eigenvalue weighted by molar-refractivity contribution is 7.88. The molecule has 1 fully saturated rings. The fourth-order valence-electron chi connectivity index (χ4n) is 2.97. The summed E-state index contributed by atoms with van der Waals surface area (Å²) >= 11 is 0. The Labute approximate surface area is 135 Å². The highest BCUT2D eigenvalue weighted by Gasteiger charge is 2.37. The molecule has 0 unspecified atom stereocenters. The third kappa shape index (κ3) is 4.02. The van der Waals surface area contributed by atoms with Crippen molar-refractivity contribution >= 4 is 16.0 Å². The first-order valence-corrected chi connectivity index (χ1v) is 9.32. The van der Waals surface area contributed by atoms with Crippen LogP contribution in [0.25, 0.3) is 0 Å². The Bertz CT molecular complexity index is 739. The van der Waals surface area contributed by atoms with Gasteiger partial charge in [0, 0.05) is 37.4 Å². The number of rotatable bonds is 5. The number of anilines is 1. The van der Waals surface area contributed by atoms with E-state index in [-0.39, 0.29) is 12.1 Å². The molecule has 0 bridgehead atoms. The molecule has 0 aromatic carbocycles. The van der Waals surface area contributed by atoms with Crippen LogP contribution in [0.15, 0.2) is 43.0 Å². The van der Waals surface area contributed by atoms with E-state index in [0.29, 0.717) is 18.9 Å². The Balaban J connectivity index is 1.87. The number of hydrogen-bond acceptors (Lipinski definition) is 6. The molecule has 1 saturated heterocycles. The van der Waals surface area contributed by atoms with Crippen LogP contribution in [0.4, 0.5) is 5.95 Å². The molecule has 0 saturated carbocycles. The quantitative estimate of drug-likeness (QED) is 0.862. The van der Waals surface area contributed by atoms with E-state index in [1.165, 1.54) is 6.26 Å². The normalized spacial score (nSPS) is 21.5. The average molecular weight is 333 g/mol. The number of nitrogens with zero attached hydrogens (tertiary/aromatic N) is 4. The van der Waals surface area contributed by atoms with E-state index >= 15 is 0 Å². The van der Waals surface area contributed by atoms with Crippen molar-refractivity contribution in [2.75, 3.05) is 17.7 Å². The molecule has 0 radical (unpaired) electrons. The van der Waals surface area contributed by atoms with Crippen molar-refractivity contribution < 1.29 is 8.42 Å². The molecule has 3 rings (SSSR count). The fourth-order valence-corrected chi connectivity index (χ4v) is 3.79. The first kappa shape index (κ1) is 15.8. The van der Waals surface area contributed by atoms with Crippen LogP contribution in [0, 0.1) is 0 Å². The first-order valence-electron chi connectivity index (χ1n) is 7.43. The predicted octanol–water partition coefficient (Wildman–Crippen LogP) is 0.611. The van der Waals surface area contributed by atoms with Gasteiger partial charge in [0.15, 0.2) is 0 Å². The maximum absolute atomic E-state index is 11.7. The van der Waals surface area contributed by atoms with Crippen LogP contribution < -0.4 is 9.62 Å². The minimum Gasteiger partial charge on any atom is -0.336 e. The van der Waals surface area contributed by atoms with Gasteiger partial charge in [-0.2, -0.15) is 0 Å². The van der Waals surface area contributed by atoms with E-state index in [1.54, 1.807) is 30.9 Å². The van der Waals surface area contributed by atoms with Crippen LogP contribution in [-0.4, -0.2) is 48.3 Å². The van der Waals surface area contributed by atoms with Crippen LogP contribution in [0.5, 0.6) is 0 Å². The minimum absolute atomic E-state index is 0.0328. The van der Waals surface area contributed by atoms with Gasteiger partial charge in [-0.1, -0.05) is 0 Å². The maximum atomic E-state index is 11.7. The molecule has 2 aromatic rings. The van der Waals surface area contributed by atoms with Gasteiger partial charge in [0.05, 0.1) is 12.3 Å². The van der Waals surface area contributed by atoms with Crippen molar-refractivity contribution in [1.29, 1.82) is 0 Å². The van der Waals surface area contributed by atoms with E-state index < -0.39 is 10.0 Å². The molecule has 0 spiro atoms. The molecule has 7 nitrogen and oxygen atoms in total. The maximum Gasteiger partial charge on any atom is 0.225 e. The predicted molar refractivity (Wildman–Crippen MR) is 87.5 cm³/mol. The van der Waals surface area contributed by atoms with Crippen molar-refractivity contribution in [3.05, 3.63) is 48.5 Å². The largest absolute Gasteiger partial charge is 0.336 e. The summed E-state index contributed by atoms with van der Waals surface area (Å²) in [5, 5.41) is 0. The molecule has 0 amide bonds. The summed E-state index contributed by atoms with van der Waals surface area (Å²) in [6.45, 7) is 0.715. The molecular formula is C15H19N5O2S. The van der Waals surface area contributed by atoms with Crippen LogP contribution in [0.3, 0.4) is 0 Å². The van der Waals surface area contributed by atoms with Crippen molar-refractivity contribution in [2.45, 2.75) is 24.9 Å². The Morgan fingerprint density at radius 2 is 1.91 bits per heavy atom. The van der Waals surface area contributed by atoms with Gasteiger partial charge < -0.3 is 4.90 Å². The molecule has 122 valence electrons. The standard InChI is InChI=1S/C15H19N5O2S/c1-23(21,22)19-13-5-10-20(15-17-6-2-7-18-15)14(13)11-12-3-8-16-9-4-12/h2-4,6-9,13-14,19H,5,10-11H2,1H3/t13-,14+/m1/s1. The number of sulfonamides is 1. The fraction of sp³-hybridized carbons (Fsp3) is 0.400. The Morgan fingerprint density at radius 1 is 1.22 bits per heavy atom. The van der Waals surface area contributed by atoms with E-state index in [4.69, 9.17) is 0 Å². The van der Waals surface area contributed by atoms with Crippen LogP contribution in [0.1, 0.15) is 12.0 Å². The van der Waals surface area contributed by atoms with Crippen molar-refractivity contribution in [2.24, 2.45) is 0 Å². The lowest BCUT2D eigenvalue weighted by molar-refractivity contribution is 0.512. The molecule has 23 heavy (non-hydrogen) atoms. The van der Waals surface area contributed by atoms with Gasteiger partial charge in [0.1, 0.15) is 0 Å². The van der Waals surface area contributed by atoms with Crippen molar-refractivity contribution in [1.82, 2.24) is 19.7 Å². The summed E-state index contributed by atoms with van der Waals surface area (Å²) in [6.07, 6.45) is 9.50. The molecule has 1 N–H and O–H groups in total. The SMILES string of the molecule is CS(=O)(=O)N[C@@H]1CCN(c2ncccn2)[C@H]1Cc1ccncc1. The topological polar surface area (TPSA) is 88.1 Å². The molecule has 2 atom stereocenters. The molecule has 1 aliphatic rings. The van der Waals surface area contributed by atoms with Gasteiger partial charge in [-0.05, 0) is 36.6 Å². The van der Waals surface area contributed by atoms with Crippen LogP contribution >= 0.6 is 0 Å². The first-order chi connectivity index (χ1) is 11.0. The summed E-state index contributed by atoms with van der Waals surface area (Å²) in [6, 6.07) is 5.46. The highest BCUT2D eigenvalue weighted by Crippen LogP contribution is 2.25. The second-order valence-corrected chi connectivity index (χ2v) is 7.43. The Hall–Kier alpha value is -2.06. The second kappa shape index (κ2) is 6.59. The number of pyridine rings is 1. The summed E-state index contributed by atoms with van der Waals surface area (Å²) < 4.78 is 26.1. The van der Waals surface area contributed by atoms with Gasteiger partial charge in [0.2, 0.25) is 16.0 Å². The zero-order valence-corrected chi connectivity index (χ0v) is 13.6. The van der Waals surface area contributed by atoms with Gasteiger partial charge in [-0.3, -0.25) is 4.98 Å². The lowest BCUT2D eigenvalue weighted by atomic mass is 10.0. The number of hydrogen-bond donors (Lipinski definition) is 1. The van der Waals surface area contributed by atoms with Crippen LogP contribution in [-0.2, 0) is 16.4 Å². The summed E-state index contributed by atoms with van der Waals surface area (Å²) in [7, 11) is -3.27. The van der Waals surface area contributed by atoms with E-state index in [9.17, 15) is 8.42 Å². The summed E-state index contributed by atoms with van der Waals surface area (Å²) in [5.74, 6) is 0.629. The molecule has 0 aliphatic carbocycles. The van der Waals surface area contributed by atoms with Gasteiger partial charge >= 0.3 is 0 Å². The number of aromatic nitrogens is 3. The second-order valence-electron chi connectivity index (χ2n) is 5.65. The van der Waals surface area contributed by atoms with Gasteiger partial charge in [-0.15, -0.1) is 0 Å². The molecule has 1 aliphatic heterocycles. The molecular weight excluding hydrogens is 314 g/mol. The monoisotopic (exact) mass is 333 g/mol. The van der Waals surface area contributed by atoms with Gasteiger partial charge in [-0.25, -0.2) is 23.1 Å². The average Bonchev–Trinajstić information content (AvgIpc) is 2.90. The molecule has 3 heterocycles. The lowest BCUT2D eigenvalue weighted by Crippen LogP contribution is -2.46.